The van der Waals surface area contributed by atoms with Crippen molar-refractivity contribution >= 4 is 34.6 Å². The van der Waals surface area contributed by atoms with Gasteiger partial charge in [0.1, 0.15) is 11.0 Å². The Kier molecular flexibility index (Phi) is 14.1. The van der Waals surface area contributed by atoms with Crippen LogP contribution in [-0.4, -0.2) is 141 Å². The van der Waals surface area contributed by atoms with Gasteiger partial charge >= 0.3 is 0 Å². The molecule has 0 aliphatic carbocycles. The van der Waals surface area contributed by atoms with Crippen LogP contribution in [0.4, 0.5) is 23.5 Å². The number of fused-ring (bicyclic) bond motifs is 1. The third-order valence-corrected chi connectivity index (χ3v) is 7.39. The summed E-state index contributed by atoms with van der Waals surface area (Å²) < 4.78 is 27.4. The van der Waals surface area contributed by atoms with Gasteiger partial charge in [-0.15, -0.1) is 0 Å². The first-order chi connectivity index (χ1) is 20.4. The van der Waals surface area contributed by atoms with Gasteiger partial charge in [0, 0.05) is 88.4 Å². The molecule has 13 heteroatoms. The first-order valence-electron chi connectivity index (χ1n) is 14.9. The Morgan fingerprint density at radius 2 is 1.19 bits per heavy atom. The van der Waals surface area contributed by atoms with Crippen LogP contribution in [-0.2, 0) is 23.7 Å². The quantitative estimate of drug-likeness (QED) is 0.238. The van der Waals surface area contributed by atoms with Crippen molar-refractivity contribution in [2.24, 2.45) is 5.92 Å². The van der Waals surface area contributed by atoms with Crippen molar-refractivity contribution in [1.29, 1.82) is 0 Å². The second-order valence-electron chi connectivity index (χ2n) is 11.0. The number of aromatic nitrogens is 4. The van der Waals surface area contributed by atoms with Gasteiger partial charge in [0.05, 0.1) is 32.5 Å². The van der Waals surface area contributed by atoms with Crippen molar-refractivity contribution < 1.29 is 23.7 Å². The monoisotopic (exact) mass is 592 g/mol. The molecule has 0 bridgehead atoms. The van der Waals surface area contributed by atoms with Crippen LogP contribution < -0.4 is 19.6 Å². The van der Waals surface area contributed by atoms with E-state index in [1.807, 2.05) is 0 Å². The molecule has 0 atom stereocenters. The number of hydrogen-bond donors (Lipinski definition) is 0. The molecule has 0 aromatic carbocycles. The van der Waals surface area contributed by atoms with E-state index in [1.54, 1.807) is 35.5 Å². The SMILES string of the molecule is COCCN(CCOC)c1nc(N2CCC(OC)CC2)c2nc(N(CCOC)CCOC)nc(N(C)CC(C)C)c2n1. The second kappa shape index (κ2) is 17.5. The zero-order valence-corrected chi connectivity index (χ0v) is 27.0. The fourth-order valence-corrected chi connectivity index (χ4v) is 5.10. The van der Waals surface area contributed by atoms with Gasteiger partial charge in [0.2, 0.25) is 11.9 Å². The summed E-state index contributed by atoms with van der Waals surface area (Å²) in [5.41, 5.74) is 1.47. The standard InChI is InChI=1S/C29H52N8O5/c1-22(2)21-34(3)26-24-25(31-28(32-26)36(13-17-38-4)14-18-39-5)27(35-11-9-23(42-8)10-12-35)33-29(30-24)37(15-19-40-6)16-20-41-7/h22-23H,9-21H2,1-8H3. The fourth-order valence-electron chi connectivity index (χ4n) is 5.10. The predicted octanol–water partition coefficient (Wildman–Crippen LogP) is 2.33. The van der Waals surface area contributed by atoms with E-state index in [2.05, 4.69) is 40.5 Å². The first kappa shape index (κ1) is 33.9. The van der Waals surface area contributed by atoms with Crippen LogP contribution in [0.2, 0.25) is 0 Å². The predicted molar refractivity (Wildman–Crippen MR) is 167 cm³/mol. The van der Waals surface area contributed by atoms with Gasteiger partial charge in [0.25, 0.3) is 0 Å². The van der Waals surface area contributed by atoms with E-state index >= 15 is 0 Å². The molecule has 13 nitrogen and oxygen atoms in total. The molecule has 1 aliphatic rings. The average molecular weight is 593 g/mol. The molecular formula is C29H52N8O5. The van der Waals surface area contributed by atoms with Gasteiger partial charge in [-0.05, 0) is 18.8 Å². The minimum absolute atomic E-state index is 0.241. The van der Waals surface area contributed by atoms with Gasteiger partial charge in [-0.25, -0.2) is 9.97 Å². The Labute approximate surface area is 251 Å². The second-order valence-corrected chi connectivity index (χ2v) is 11.0. The van der Waals surface area contributed by atoms with Crippen molar-refractivity contribution in [3.63, 3.8) is 0 Å². The van der Waals surface area contributed by atoms with E-state index in [-0.39, 0.29) is 6.10 Å². The molecule has 3 rings (SSSR count). The van der Waals surface area contributed by atoms with Gasteiger partial charge in [-0.3, -0.25) is 0 Å². The maximum Gasteiger partial charge on any atom is 0.228 e. The highest BCUT2D eigenvalue weighted by molar-refractivity contribution is 5.95. The Morgan fingerprint density at radius 1 is 0.714 bits per heavy atom. The highest BCUT2D eigenvalue weighted by Gasteiger charge is 2.28. The van der Waals surface area contributed by atoms with Crippen molar-refractivity contribution in [3.05, 3.63) is 0 Å². The minimum atomic E-state index is 0.241. The molecule has 0 amide bonds. The van der Waals surface area contributed by atoms with E-state index < -0.39 is 0 Å². The van der Waals surface area contributed by atoms with E-state index in [4.69, 9.17) is 43.6 Å². The summed E-state index contributed by atoms with van der Waals surface area (Å²) in [6, 6.07) is 0. The molecule has 1 aliphatic heterocycles. The van der Waals surface area contributed by atoms with E-state index in [1.165, 1.54) is 0 Å². The van der Waals surface area contributed by atoms with Gasteiger partial charge in [-0.1, -0.05) is 13.8 Å². The molecule has 0 saturated carbocycles. The number of piperidine rings is 1. The zero-order valence-electron chi connectivity index (χ0n) is 27.0. The normalized spacial score (nSPS) is 14.3. The largest absolute Gasteiger partial charge is 0.383 e. The van der Waals surface area contributed by atoms with Gasteiger partial charge in [0.15, 0.2) is 11.6 Å². The van der Waals surface area contributed by atoms with Crippen LogP contribution in [0.25, 0.3) is 11.0 Å². The molecular weight excluding hydrogens is 540 g/mol. The number of nitrogens with zero attached hydrogens (tertiary/aromatic N) is 8. The van der Waals surface area contributed by atoms with Gasteiger partial charge < -0.3 is 43.3 Å². The maximum absolute atomic E-state index is 5.67. The smallest absolute Gasteiger partial charge is 0.228 e. The molecule has 1 saturated heterocycles. The molecule has 0 spiro atoms. The molecule has 1 fully saturated rings. The summed E-state index contributed by atoms with van der Waals surface area (Å²) in [4.78, 5) is 29.3. The van der Waals surface area contributed by atoms with Crippen molar-refractivity contribution in [1.82, 2.24) is 19.9 Å². The third-order valence-electron chi connectivity index (χ3n) is 7.39. The molecule has 238 valence electrons. The lowest BCUT2D eigenvalue weighted by molar-refractivity contribution is 0.0818. The van der Waals surface area contributed by atoms with Crippen LogP contribution in [0.5, 0.6) is 0 Å². The van der Waals surface area contributed by atoms with E-state index in [0.29, 0.717) is 70.4 Å². The van der Waals surface area contributed by atoms with Crippen LogP contribution in [0.3, 0.4) is 0 Å². The summed E-state index contributed by atoms with van der Waals surface area (Å²) in [6.07, 6.45) is 2.07. The number of methoxy groups -OCH3 is 5. The number of ether oxygens (including phenoxy) is 5. The highest BCUT2D eigenvalue weighted by atomic mass is 16.5. The fraction of sp³-hybridized carbons (Fsp3) is 0.793. The summed E-state index contributed by atoms with van der Waals surface area (Å²) in [5.74, 6) is 3.24. The number of rotatable bonds is 19. The summed E-state index contributed by atoms with van der Waals surface area (Å²) in [7, 11) is 10.7. The lowest BCUT2D eigenvalue weighted by Gasteiger charge is -2.34. The van der Waals surface area contributed by atoms with Crippen LogP contribution in [0.1, 0.15) is 26.7 Å². The van der Waals surface area contributed by atoms with Crippen molar-refractivity contribution in [2.45, 2.75) is 32.8 Å². The molecule has 0 radical (unpaired) electrons. The Hall–Kier alpha value is -2.58. The van der Waals surface area contributed by atoms with Gasteiger partial charge in [-0.2, -0.15) is 9.97 Å². The Bertz CT molecular complexity index is 1050. The van der Waals surface area contributed by atoms with Crippen LogP contribution in [0, 0.1) is 5.92 Å². The topological polar surface area (TPSA) is 111 Å². The maximum atomic E-state index is 5.67. The summed E-state index contributed by atoms with van der Waals surface area (Å²) in [5, 5.41) is 0. The molecule has 0 N–H and O–H groups in total. The van der Waals surface area contributed by atoms with Crippen LogP contribution in [0.15, 0.2) is 0 Å². The molecule has 2 aromatic heterocycles. The highest BCUT2D eigenvalue weighted by Crippen LogP contribution is 2.34. The van der Waals surface area contributed by atoms with Crippen LogP contribution >= 0.6 is 0 Å². The zero-order chi connectivity index (χ0) is 30.5. The molecule has 0 unspecified atom stereocenters. The molecule has 42 heavy (non-hydrogen) atoms. The summed E-state index contributed by atoms with van der Waals surface area (Å²) >= 11 is 0. The lowest BCUT2D eigenvalue weighted by atomic mass is 10.1. The lowest BCUT2D eigenvalue weighted by Crippen LogP contribution is -2.38. The minimum Gasteiger partial charge on any atom is -0.383 e. The first-order valence-corrected chi connectivity index (χ1v) is 14.9. The average Bonchev–Trinajstić information content (AvgIpc) is 3.00. The molecule has 3 heterocycles. The third kappa shape index (κ3) is 9.21. The Balaban J connectivity index is 2.26. The van der Waals surface area contributed by atoms with Crippen molar-refractivity contribution in [2.75, 3.05) is 134 Å². The van der Waals surface area contributed by atoms with E-state index in [0.717, 1.165) is 55.1 Å². The summed E-state index contributed by atoms with van der Waals surface area (Å²) in [6.45, 7) is 11.6. The van der Waals surface area contributed by atoms with Crippen molar-refractivity contribution in [3.8, 4) is 0 Å². The number of anilines is 4. The van der Waals surface area contributed by atoms with E-state index in [9.17, 15) is 0 Å². The molecule has 2 aromatic rings. The number of hydrogen-bond acceptors (Lipinski definition) is 13. The Morgan fingerprint density at radius 3 is 1.64 bits per heavy atom.